The fourth-order valence-electron chi connectivity index (χ4n) is 3.09. The maximum atomic E-state index is 9.38. The molecule has 0 bridgehead atoms. The third-order valence-electron chi connectivity index (χ3n) is 4.43. The molecule has 1 saturated heterocycles. The Balaban J connectivity index is 1.83. The minimum absolute atomic E-state index is 0.328. The summed E-state index contributed by atoms with van der Waals surface area (Å²) >= 11 is 0. The van der Waals surface area contributed by atoms with Gasteiger partial charge in [0.15, 0.2) is 0 Å². The van der Waals surface area contributed by atoms with Crippen LogP contribution in [-0.2, 0) is 0 Å². The summed E-state index contributed by atoms with van der Waals surface area (Å²) in [6, 6.07) is 3.82. The van der Waals surface area contributed by atoms with Gasteiger partial charge in [0.2, 0.25) is 0 Å². The zero-order chi connectivity index (χ0) is 13.2. The van der Waals surface area contributed by atoms with Crippen molar-refractivity contribution in [1.29, 1.82) is 5.26 Å². The highest BCUT2D eigenvalue weighted by atomic mass is 15.2. The lowest BCUT2D eigenvalue weighted by Crippen LogP contribution is -2.46. The minimum Gasteiger partial charge on any atom is -0.300 e. The van der Waals surface area contributed by atoms with Gasteiger partial charge in [0.05, 0.1) is 6.07 Å². The van der Waals surface area contributed by atoms with Gasteiger partial charge < -0.3 is 4.90 Å². The molecule has 2 unspecified atom stereocenters. The van der Waals surface area contributed by atoms with Crippen LogP contribution in [0.3, 0.4) is 0 Å². The molecule has 1 aliphatic heterocycles. The van der Waals surface area contributed by atoms with E-state index in [0.717, 1.165) is 24.9 Å². The summed E-state index contributed by atoms with van der Waals surface area (Å²) in [5.41, 5.74) is -0.328. The Morgan fingerprint density at radius 1 is 1.39 bits per heavy atom. The summed E-state index contributed by atoms with van der Waals surface area (Å²) < 4.78 is 0. The fraction of sp³-hybridized carbons (Fsp3) is 0.933. The van der Waals surface area contributed by atoms with E-state index in [9.17, 15) is 5.26 Å². The van der Waals surface area contributed by atoms with E-state index >= 15 is 0 Å². The van der Waals surface area contributed by atoms with E-state index in [1.165, 1.54) is 32.2 Å². The average molecular weight is 249 g/mol. The SMILES string of the molecule is CC(C)C1CCCN1CCC(C)(C#N)NC1CC1. The Bertz CT molecular complexity index is 316. The van der Waals surface area contributed by atoms with Crippen LogP contribution in [0.25, 0.3) is 0 Å². The molecule has 0 aromatic carbocycles. The number of hydrogen-bond donors (Lipinski definition) is 1. The van der Waals surface area contributed by atoms with Gasteiger partial charge in [-0.25, -0.2) is 0 Å². The first-order valence-corrected chi connectivity index (χ1v) is 7.47. The van der Waals surface area contributed by atoms with Crippen molar-refractivity contribution in [2.75, 3.05) is 13.1 Å². The lowest BCUT2D eigenvalue weighted by molar-refractivity contribution is 0.190. The zero-order valence-electron chi connectivity index (χ0n) is 12.1. The second-order valence-electron chi connectivity index (χ2n) is 6.60. The van der Waals surface area contributed by atoms with E-state index in [-0.39, 0.29) is 5.54 Å². The van der Waals surface area contributed by atoms with Crippen molar-refractivity contribution >= 4 is 0 Å². The molecular formula is C15H27N3. The quantitative estimate of drug-likeness (QED) is 0.786. The number of rotatable bonds is 6. The first-order valence-electron chi connectivity index (χ1n) is 7.47. The molecule has 0 amide bonds. The van der Waals surface area contributed by atoms with Crippen molar-refractivity contribution < 1.29 is 0 Å². The Labute approximate surface area is 112 Å². The van der Waals surface area contributed by atoms with Crippen LogP contribution in [0.1, 0.15) is 52.9 Å². The van der Waals surface area contributed by atoms with Crippen molar-refractivity contribution in [3.8, 4) is 6.07 Å². The monoisotopic (exact) mass is 249 g/mol. The van der Waals surface area contributed by atoms with E-state index in [1.54, 1.807) is 0 Å². The molecule has 2 fully saturated rings. The zero-order valence-corrected chi connectivity index (χ0v) is 12.1. The number of nitrogens with one attached hydrogen (secondary N) is 1. The van der Waals surface area contributed by atoms with Gasteiger partial charge in [-0.1, -0.05) is 13.8 Å². The highest BCUT2D eigenvalue weighted by Crippen LogP contribution is 2.27. The van der Waals surface area contributed by atoms with Crippen LogP contribution in [0.2, 0.25) is 0 Å². The molecule has 3 heteroatoms. The van der Waals surface area contributed by atoms with E-state index in [1.807, 2.05) is 0 Å². The second-order valence-corrected chi connectivity index (χ2v) is 6.60. The molecule has 0 radical (unpaired) electrons. The molecule has 102 valence electrons. The molecule has 1 heterocycles. The van der Waals surface area contributed by atoms with Crippen molar-refractivity contribution in [2.24, 2.45) is 5.92 Å². The summed E-state index contributed by atoms with van der Waals surface area (Å²) in [6.07, 6.45) is 6.09. The molecule has 2 aliphatic rings. The molecule has 0 spiro atoms. The average Bonchev–Trinajstić information content (AvgIpc) is 3.00. The lowest BCUT2D eigenvalue weighted by Gasteiger charge is -2.31. The Kier molecular flexibility index (Phi) is 4.29. The number of nitrogens with zero attached hydrogens (tertiary/aromatic N) is 2. The van der Waals surface area contributed by atoms with Crippen LogP contribution in [0, 0.1) is 17.2 Å². The van der Waals surface area contributed by atoms with E-state index < -0.39 is 0 Å². The van der Waals surface area contributed by atoms with Crippen LogP contribution in [0.5, 0.6) is 0 Å². The molecule has 1 N–H and O–H groups in total. The van der Waals surface area contributed by atoms with E-state index in [0.29, 0.717) is 6.04 Å². The number of hydrogen-bond acceptors (Lipinski definition) is 3. The van der Waals surface area contributed by atoms with Crippen molar-refractivity contribution in [1.82, 2.24) is 10.2 Å². The van der Waals surface area contributed by atoms with Gasteiger partial charge in [-0.3, -0.25) is 5.32 Å². The summed E-state index contributed by atoms with van der Waals surface area (Å²) in [6.45, 7) is 8.97. The van der Waals surface area contributed by atoms with Gasteiger partial charge in [0.1, 0.15) is 5.54 Å². The third kappa shape index (κ3) is 3.46. The normalized spacial score (nSPS) is 28.3. The first kappa shape index (κ1) is 13.8. The Hall–Kier alpha value is -0.590. The fourth-order valence-corrected chi connectivity index (χ4v) is 3.09. The van der Waals surface area contributed by atoms with Gasteiger partial charge in [-0.15, -0.1) is 0 Å². The molecular weight excluding hydrogens is 222 g/mol. The maximum absolute atomic E-state index is 9.38. The van der Waals surface area contributed by atoms with Crippen molar-refractivity contribution in [2.45, 2.75) is 70.5 Å². The van der Waals surface area contributed by atoms with Gasteiger partial charge in [-0.2, -0.15) is 5.26 Å². The van der Waals surface area contributed by atoms with E-state index in [2.05, 4.69) is 37.1 Å². The van der Waals surface area contributed by atoms with Crippen molar-refractivity contribution in [3.05, 3.63) is 0 Å². The van der Waals surface area contributed by atoms with Crippen LogP contribution in [0.4, 0.5) is 0 Å². The Morgan fingerprint density at radius 2 is 2.11 bits per heavy atom. The van der Waals surface area contributed by atoms with Crippen LogP contribution in [0.15, 0.2) is 0 Å². The molecule has 0 aromatic heterocycles. The highest BCUT2D eigenvalue weighted by Gasteiger charge is 2.34. The van der Waals surface area contributed by atoms with Gasteiger partial charge in [0, 0.05) is 18.6 Å². The first-order chi connectivity index (χ1) is 8.54. The molecule has 0 aromatic rings. The lowest BCUT2D eigenvalue weighted by atomic mass is 9.97. The third-order valence-corrected chi connectivity index (χ3v) is 4.43. The number of likely N-dealkylation sites (tertiary alicyclic amines) is 1. The van der Waals surface area contributed by atoms with Crippen molar-refractivity contribution in [3.63, 3.8) is 0 Å². The van der Waals surface area contributed by atoms with Gasteiger partial charge >= 0.3 is 0 Å². The minimum atomic E-state index is -0.328. The molecule has 3 nitrogen and oxygen atoms in total. The summed E-state index contributed by atoms with van der Waals surface area (Å²) in [5, 5.41) is 12.9. The van der Waals surface area contributed by atoms with Crippen LogP contribution < -0.4 is 5.32 Å². The number of nitriles is 1. The summed E-state index contributed by atoms with van der Waals surface area (Å²) in [4.78, 5) is 2.59. The van der Waals surface area contributed by atoms with Crippen LogP contribution in [-0.4, -0.2) is 35.6 Å². The predicted octanol–water partition coefficient (Wildman–Crippen LogP) is 2.53. The van der Waals surface area contributed by atoms with Gasteiger partial charge in [-0.05, 0) is 51.5 Å². The molecule has 18 heavy (non-hydrogen) atoms. The summed E-state index contributed by atoms with van der Waals surface area (Å²) in [7, 11) is 0. The Morgan fingerprint density at radius 3 is 2.67 bits per heavy atom. The molecule has 2 atom stereocenters. The second kappa shape index (κ2) is 5.59. The smallest absolute Gasteiger partial charge is 0.105 e. The topological polar surface area (TPSA) is 39.1 Å². The predicted molar refractivity (Wildman–Crippen MR) is 74.2 cm³/mol. The highest BCUT2D eigenvalue weighted by molar-refractivity contribution is 5.07. The molecule has 2 rings (SSSR count). The van der Waals surface area contributed by atoms with Crippen LogP contribution >= 0.6 is 0 Å². The molecule has 1 saturated carbocycles. The van der Waals surface area contributed by atoms with Gasteiger partial charge in [0.25, 0.3) is 0 Å². The molecule has 1 aliphatic carbocycles. The maximum Gasteiger partial charge on any atom is 0.105 e. The standard InChI is InChI=1S/C15H27N3/c1-12(2)14-5-4-9-18(14)10-8-15(3,11-16)17-13-6-7-13/h12-14,17H,4-10H2,1-3H3. The largest absolute Gasteiger partial charge is 0.300 e. The van der Waals surface area contributed by atoms with E-state index in [4.69, 9.17) is 0 Å². The summed E-state index contributed by atoms with van der Waals surface area (Å²) in [5.74, 6) is 0.734.